The largest absolute Gasteiger partial charge is 0.507 e. The number of ether oxygens (including phenoxy) is 5. The first-order valence-electron chi connectivity index (χ1n) is 22.7. The van der Waals surface area contributed by atoms with Gasteiger partial charge in [0.2, 0.25) is 0 Å². The van der Waals surface area contributed by atoms with E-state index in [1.807, 2.05) is 0 Å². The Labute approximate surface area is 405 Å². The van der Waals surface area contributed by atoms with Gasteiger partial charge in [-0.3, -0.25) is 23.7 Å². The molecule has 13 atom stereocenters. The number of rotatable bonds is 6. The highest BCUT2D eigenvalue weighted by atomic mass is 16.7. The first kappa shape index (κ1) is 52.1. The quantitative estimate of drug-likeness (QED) is 0.0578. The predicted octanol–water partition coefficient (Wildman–Crippen LogP) is 2.15. The second-order valence-electron chi connectivity index (χ2n) is 18.3. The molecule has 5 bridgehead atoms. The van der Waals surface area contributed by atoms with Crippen molar-refractivity contribution >= 4 is 51.5 Å². The molecule has 71 heavy (non-hydrogen) atoms. The molecule has 6 heterocycles. The number of aromatic hydroxyl groups is 3. The van der Waals surface area contributed by atoms with Gasteiger partial charge in [0.05, 0.1) is 65.9 Å². The fourth-order valence-electron chi connectivity index (χ4n) is 9.27. The lowest BCUT2D eigenvalue weighted by Gasteiger charge is -2.38. The molecule has 1 amide bonds. The average molecular weight is 991 g/mol. The van der Waals surface area contributed by atoms with Gasteiger partial charge >= 0.3 is 17.3 Å². The maximum atomic E-state index is 14.6. The summed E-state index contributed by atoms with van der Waals surface area (Å²) < 4.78 is 31.0. The number of allylic oxidation sites excluding steroid dienone is 2. The van der Waals surface area contributed by atoms with Gasteiger partial charge in [-0.15, -0.1) is 0 Å². The van der Waals surface area contributed by atoms with Crippen molar-refractivity contribution in [3.63, 3.8) is 0 Å². The van der Waals surface area contributed by atoms with E-state index in [0.29, 0.717) is 4.68 Å². The van der Waals surface area contributed by atoms with E-state index in [-0.39, 0.29) is 33.6 Å². The average Bonchev–Trinajstić information content (AvgIpc) is 3.98. The van der Waals surface area contributed by atoms with Crippen LogP contribution in [0.1, 0.15) is 76.2 Å². The third-order valence-corrected chi connectivity index (χ3v) is 13.6. The van der Waals surface area contributed by atoms with Crippen LogP contribution in [0, 0.1) is 30.6 Å². The zero-order chi connectivity index (χ0) is 52.1. The van der Waals surface area contributed by atoms with Crippen LogP contribution in [0.4, 0.5) is 5.69 Å². The smallest absolute Gasteiger partial charge is 0.312 e. The molecule has 0 radical (unpaired) electrons. The molecule has 0 unspecified atom stereocenters. The number of carbonyl (C=O) groups excluding carboxylic acids is 3. The number of amides is 1. The lowest BCUT2D eigenvalue weighted by Crippen LogP contribution is -2.46. The Balaban J connectivity index is 1.38. The maximum absolute atomic E-state index is 14.6. The first-order valence-corrected chi connectivity index (χ1v) is 22.7. The van der Waals surface area contributed by atoms with Crippen molar-refractivity contribution < 1.29 is 78.9 Å². The normalized spacial score (nSPS) is 30.8. The van der Waals surface area contributed by atoms with Crippen molar-refractivity contribution in [2.24, 2.45) is 28.8 Å². The summed E-state index contributed by atoms with van der Waals surface area (Å²) in [6.07, 6.45) is 0.425. The van der Waals surface area contributed by atoms with E-state index in [1.54, 1.807) is 33.8 Å². The van der Waals surface area contributed by atoms with Crippen molar-refractivity contribution in [2.45, 2.75) is 110 Å². The number of carbonyl (C=O) groups is 3. The molecule has 0 aliphatic carbocycles. The van der Waals surface area contributed by atoms with Gasteiger partial charge in [0.15, 0.2) is 23.1 Å². The summed E-state index contributed by atoms with van der Waals surface area (Å²) in [6.45, 7) is 11.4. The van der Waals surface area contributed by atoms with Gasteiger partial charge in [-0.1, -0.05) is 45.9 Å². The molecule has 0 spiro atoms. The van der Waals surface area contributed by atoms with E-state index in [4.69, 9.17) is 23.7 Å². The zero-order valence-electron chi connectivity index (χ0n) is 40.2. The number of imidazole rings is 1. The van der Waals surface area contributed by atoms with Crippen molar-refractivity contribution in [1.29, 1.82) is 0 Å². The van der Waals surface area contributed by atoms with Crippen LogP contribution in [0.15, 0.2) is 58.7 Å². The highest BCUT2D eigenvalue weighted by molar-refractivity contribution is 6.24. The predicted molar refractivity (Wildman–Crippen MR) is 252 cm³/mol. The number of nitrogens with one attached hydrogen (secondary N) is 1. The second kappa shape index (κ2) is 20.2. The molecule has 1 fully saturated rings. The topological polar surface area (TPSA) is 336 Å². The number of ketones is 1. The summed E-state index contributed by atoms with van der Waals surface area (Å²) in [6, 6.07) is 0. The number of benzene rings is 2. The minimum Gasteiger partial charge on any atom is -0.507 e. The molecule has 1 saturated heterocycles. The number of aromatic nitrogens is 4. The van der Waals surface area contributed by atoms with E-state index < -0.39 is 148 Å². The van der Waals surface area contributed by atoms with Gasteiger partial charge < -0.3 is 69.9 Å². The third kappa shape index (κ3) is 9.25. The van der Waals surface area contributed by atoms with E-state index in [9.17, 15) is 60.0 Å². The fourth-order valence-corrected chi connectivity index (χ4v) is 9.27. The summed E-state index contributed by atoms with van der Waals surface area (Å²) in [4.78, 5) is 63.1. The second-order valence-corrected chi connectivity index (χ2v) is 18.3. The Hall–Kier alpha value is -6.73. The molecule has 382 valence electrons. The number of aliphatic hydroxyl groups is 5. The van der Waals surface area contributed by atoms with Crippen LogP contribution >= 0.6 is 0 Å². The van der Waals surface area contributed by atoms with E-state index in [0.717, 1.165) is 25.1 Å². The number of Topliss-reactive ketones (excluding diaryl/α,β-unsaturated/α-hetero) is 1. The molecule has 2 aromatic carbocycles. The molecule has 23 heteroatoms. The van der Waals surface area contributed by atoms with Crippen LogP contribution in [0.25, 0.3) is 21.9 Å². The molecule has 4 aliphatic rings. The van der Waals surface area contributed by atoms with Crippen LogP contribution < -0.4 is 15.6 Å². The minimum atomic E-state index is -2.19. The lowest BCUT2D eigenvalue weighted by atomic mass is 9.78. The number of phenolic OH excluding ortho intramolecular Hbond substituents is 3. The van der Waals surface area contributed by atoms with Crippen LogP contribution in [0.5, 0.6) is 23.0 Å². The Morgan fingerprint density at radius 1 is 0.915 bits per heavy atom. The van der Waals surface area contributed by atoms with Crippen LogP contribution in [-0.4, -0.2) is 146 Å². The maximum Gasteiger partial charge on any atom is 0.312 e. The number of fused-ring (bicyclic) bond motifs is 15. The third-order valence-electron chi connectivity index (χ3n) is 13.6. The number of hydrogen-bond acceptors (Lipinski definition) is 20. The standard InChI is InChI=1S/C48H58N6O17/c1-19-11-10-12-20(2)45(65)52-32-26(15-51-54-18-50-44-33(46(54)66)49-17-53(44)47-40(63)38(61)28(16-55)70-47)37(60)29-30(39(32)62)36(59)24(6)42-31(29)43(64)48(8,71-42)68-14-13-27(67-9)21(3)41(69-25(7)56)23(5)35(58)22(4)34(19)57/h10-15,17-19,21-23,27-28,34-35,38,40-41,47,55,57-63H,16H2,1-9H3,(H,52,65)/t19-,21-,22-,23-,27+,28+,34-,35-,38-,40-,41+,47+,48-/m0/s1. The Morgan fingerprint density at radius 3 is 2.27 bits per heavy atom. The van der Waals surface area contributed by atoms with E-state index in [1.165, 1.54) is 57.6 Å². The molecule has 9 N–H and O–H groups in total. The van der Waals surface area contributed by atoms with Crippen LogP contribution in [0.2, 0.25) is 0 Å². The molecule has 0 saturated carbocycles. The van der Waals surface area contributed by atoms with Gasteiger partial charge in [0.1, 0.15) is 48.0 Å². The first-order chi connectivity index (χ1) is 33.5. The van der Waals surface area contributed by atoms with Gasteiger partial charge in [-0.05, 0) is 19.9 Å². The lowest BCUT2D eigenvalue weighted by molar-refractivity contribution is -0.160. The SMILES string of the molecule is CO[C@@H]1C=CO[C@@]2(C)Oc3c(C)c(O)c4c(O)c(c(C=Nn5cnc6c(ncn6[C@@H]6O[C@H](CO)[C@H](O)[C@@H]6O)c5=O)c(O)c4c3C2=O)NC(=O)C(C)=CC=C[C@H](C)[C@H](O)[C@H](C)[C@H](O)[C@H](C)[C@H](OC(C)=O)[C@H]1C. The highest BCUT2D eigenvalue weighted by Gasteiger charge is 2.50. The molecule has 8 rings (SSSR count). The number of hydrogen-bond donors (Lipinski definition) is 9. The van der Waals surface area contributed by atoms with Crippen LogP contribution in [0.3, 0.4) is 0 Å². The molecule has 2 aromatic heterocycles. The number of methoxy groups -OCH3 is 1. The number of aliphatic hydroxyl groups excluding tert-OH is 5. The molecule has 23 nitrogen and oxygen atoms in total. The summed E-state index contributed by atoms with van der Waals surface area (Å²) in [5.41, 5.74) is -2.67. The van der Waals surface area contributed by atoms with E-state index >= 15 is 0 Å². The van der Waals surface area contributed by atoms with Crippen molar-refractivity contribution in [2.75, 3.05) is 19.0 Å². The number of anilines is 1. The highest BCUT2D eigenvalue weighted by Crippen LogP contribution is 2.55. The summed E-state index contributed by atoms with van der Waals surface area (Å²) >= 11 is 0. The number of phenols is 3. The van der Waals surface area contributed by atoms with Gasteiger partial charge in [0, 0.05) is 61.2 Å². The number of nitrogens with zero attached hydrogens (tertiary/aromatic N) is 5. The van der Waals surface area contributed by atoms with Crippen LogP contribution in [-0.2, 0) is 28.5 Å². The summed E-state index contributed by atoms with van der Waals surface area (Å²) in [7, 11) is 1.39. The Bertz CT molecular complexity index is 2940. The summed E-state index contributed by atoms with van der Waals surface area (Å²) in [5.74, 6) is -9.90. The van der Waals surface area contributed by atoms with Gasteiger partial charge in [0.25, 0.3) is 11.7 Å². The molecular weight excluding hydrogens is 933 g/mol. The van der Waals surface area contributed by atoms with Crippen molar-refractivity contribution in [3.8, 4) is 23.0 Å². The Morgan fingerprint density at radius 2 is 1.62 bits per heavy atom. The fraction of sp³-hybridized carbons (Fsp3) is 0.479. The molecule has 4 aromatic rings. The molecule has 4 aliphatic heterocycles. The van der Waals surface area contributed by atoms with Crippen molar-refractivity contribution in [1.82, 2.24) is 19.2 Å². The molecular formula is C48H58N6O17. The minimum absolute atomic E-state index is 0.0291. The van der Waals surface area contributed by atoms with Crippen molar-refractivity contribution in [3.05, 3.63) is 75.8 Å². The van der Waals surface area contributed by atoms with Gasteiger partial charge in [-0.2, -0.15) is 9.78 Å². The van der Waals surface area contributed by atoms with Gasteiger partial charge in [-0.25, -0.2) is 9.97 Å². The van der Waals surface area contributed by atoms with E-state index in [2.05, 4.69) is 20.4 Å². The summed E-state index contributed by atoms with van der Waals surface area (Å²) in [5, 5.41) is 95.3. The monoisotopic (exact) mass is 990 g/mol. The Kier molecular flexibility index (Phi) is 14.8. The zero-order valence-corrected chi connectivity index (χ0v) is 40.2. The number of esters is 1.